The van der Waals surface area contributed by atoms with E-state index in [-0.39, 0.29) is 10.6 Å². The molecule has 5 nitrogen and oxygen atoms in total. The maximum absolute atomic E-state index is 11.9. The van der Waals surface area contributed by atoms with Gasteiger partial charge in [-0.15, -0.1) is 0 Å². The van der Waals surface area contributed by atoms with Crippen LogP contribution in [0.4, 0.5) is 14.5 Å². The number of nitro groups is 1. The van der Waals surface area contributed by atoms with Crippen molar-refractivity contribution in [3.05, 3.63) is 32.8 Å². The number of nitrogens with zero attached hydrogens (tertiary/aromatic N) is 1. The molecule has 0 bridgehead atoms. The van der Waals surface area contributed by atoms with Gasteiger partial charge in [0.15, 0.2) is 5.78 Å². The lowest BCUT2D eigenvalue weighted by atomic mass is 10.1. The summed E-state index contributed by atoms with van der Waals surface area (Å²) >= 11 is 5.61. The van der Waals surface area contributed by atoms with Gasteiger partial charge >= 0.3 is 6.61 Å². The van der Waals surface area contributed by atoms with E-state index >= 15 is 0 Å². The molecule has 8 heteroatoms. The zero-order chi connectivity index (χ0) is 13.2. The summed E-state index contributed by atoms with van der Waals surface area (Å²) in [7, 11) is 0. The highest BCUT2D eigenvalue weighted by atomic mass is 35.5. The maximum atomic E-state index is 11.9. The number of carbonyl (C=O) groups excluding carboxylic acids is 1. The van der Waals surface area contributed by atoms with E-state index < -0.39 is 28.8 Å². The highest BCUT2D eigenvalue weighted by Gasteiger charge is 2.23. The normalized spacial score (nSPS) is 10.4. The van der Waals surface area contributed by atoms with Crippen molar-refractivity contribution in [2.75, 3.05) is 0 Å². The zero-order valence-electron chi connectivity index (χ0n) is 8.45. The van der Waals surface area contributed by atoms with E-state index in [0.29, 0.717) is 0 Å². The molecule has 0 aliphatic rings. The molecule has 1 rings (SSSR count). The van der Waals surface area contributed by atoms with Crippen LogP contribution in [0.5, 0.6) is 5.75 Å². The summed E-state index contributed by atoms with van der Waals surface area (Å²) in [6.45, 7) is -2.05. The van der Waals surface area contributed by atoms with Crippen LogP contribution >= 0.6 is 11.6 Å². The van der Waals surface area contributed by atoms with Crippen LogP contribution in [-0.2, 0) is 0 Å². The number of carbonyl (C=O) groups is 1. The fourth-order valence-corrected chi connectivity index (χ4v) is 1.57. The molecule has 0 unspecified atom stereocenters. The molecule has 0 fully saturated rings. The third kappa shape index (κ3) is 3.10. The van der Waals surface area contributed by atoms with Gasteiger partial charge in [0.2, 0.25) is 0 Å². The minimum absolute atomic E-state index is 0.303. The van der Waals surface area contributed by atoms with Crippen LogP contribution in [0.1, 0.15) is 17.3 Å². The van der Waals surface area contributed by atoms with Gasteiger partial charge in [-0.25, -0.2) is 0 Å². The molecule has 1 aromatic carbocycles. The van der Waals surface area contributed by atoms with Gasteiger partial charge in [-0.3, -0.25) is 14.9 Å². The molecule has 92 valence electrons. The lowest BCUT2D eigenvalue weighted by molar-refractivity contribution is -0.385. The Morgan fingerprint density at radius 2 is 2.12 bits per heavy atom. The molecule has 0 aliphatic heterocycles. The molecular formula is C9H6ClF2NO4. The first kappa shape index (κ1) is 13.3. The smallest absolute Gasteiger partial charge is 0.387 e. The highest BCUT2D eigenvalue weighted by molar-refractivity contribution is 6.34. The first-order chi connectivity index (χ1) is 7.82. The van der Waals surface area contributed by atoms with Crippen LogP contribution in [0, 0.1) is 10.1 Å². The van der Waals surface area contributed by atoms with Crippen LogP contribution in [0.15, 0.2) is 12.1 Å². The summed E-state index contributed by atoms with van der Waals surface area (Å²) < 4.78 is 27.9. The van der Waals surface area contributed by atoms with Gasteiger partial charge in [0.1, 0.15) is 11.3 Å². The van der Waals surface area contributed by atoms with E-state index in [1.54, 1.807) is 0 Å². The summed E-state index contributed by atoms with van der Waals surface area (Å²) in [4.78, 5) is 20.9. The van der Waals surface area contributed by atoms with Gasteiger partial charge in [0, 0.05) is 6.07 Å². The number of hydrogen-bond donors (Lipinski definition) is 0. The Kier molecular flexibility index (Phi) is 3.95. The summed E-state index contributed by atoms with van der Waals surface area (Å²) in [5, 5.41) is 10.4. The minimum Gasteiger partial charge on any atom is -0.435 e. The van der Waals surface area contributed by atoms with Gasteiger partial charge in [-0.05, 0) is 6.92 Å². The number of hydrogen-bond acceptors (Lipinski definition) is 4. The maximum Gasteiger partial charge on any atom is 0.387 e. The number of nitro benzene ring substituents is 1. The fraction of sp³-hybridized carbons (Fsp3) is 0.222. The van der Waals surface area contributed by atoms with Crippen LogP contribution in [0.25, 0.3) is 0 Å². The van der Waals surface area contributed by atoms with Crippen LogP contribution in [0.3, 0.4) is 0 Å². The molecular weight excluding hydrogens is 260 g/mol. The molecule has 0 N–H and O–H groups in total. The molecule has 1 aromatic rings. The lowest BCUT2D eigenvalue weighted by Crippen LogP contribution is -2.05. The monoisotopic (exact) mass is 265 g/mol. The van der Waals surface area contributed by atoms with Crippen molar-refractivity contribution in [2.45, 2.75) is 13.5 Å². The quantitative estimate of drug-likeness (QED) is 0.477. The van der Waals surface area contributed by atoms with E-state index in [1.165, 1.54) is 0 Å². The Hall–Kier alpha value is -1.76. The Morgan fingerprint density at radius 3 is 2.53 bits per heavy atom. The van der Waals surface area contributed by atoms with Crippen molar-refractivity contribution in [1.82, 2.24) is 0 Å². The molecule has 0 aromatic heterocycles. The first-order valence-electron chi connectivity index (χ1n) is 4.26. The van der Waals surface area contributed by atoms with Gasteiger partial charge < -0.3 is 4.74 Å². The number of halogens is 3. The average molecular weight is 266 g/mol. The van der Waals surface area contributed by atoms with Gasteiger partial charge in [-0.2, -0.15) is 8.78 Å². The van der Waals surface area contributed by atoms with Crippen molar-refractivity contribution in [2.24, 2.45) is 0 Å². The molecule has 0 saturated carbocycles. The van der Waals surface area contributed by atoms with E-state index in [0.717, 1.165) is 19.1 Å². The molecule has 17 heavy (non-hydrogen) atoms. The summed E-state index contributed by atoms with van der Waals surface area (Å²) in [6.07, 6.45) is 0. The predicted molar refractivity (Wildman–Crippen MR) is 54.7 cm³/mol. The van der Waals surface area contributed by atoms with E-state index in [1.807, 2.05) is 0 Å². The molecule has 0 saturated heterocycles. The third-order valence-electron chi connectivity index (χ3n) is 1.82. The van der Waals surface area contributed by atoms with E-state index in [2.05, 4.69) is 4.74 Å². The van der Waals surface area contributed by atoms with Crippen LogP contribution in [-0.4, -0.2) is 17.3 Å². The third-order valence-corrected chi connectivity index (χ3v) is 2.11. The van der Waals surface area contributed by atoms with Crippen LogP contribution < -0.4 is 4.74 Å². The highest BCUT2D eigenvalue weighted by Crippen LogP contribution is 2.32. The molecule has 0 aliphatic carbocycles. The largest absolute Gasteiger partial charge is 0.435 e. The molecule has 0 amide bonds. The summed E-state index contributed by atoms with van der Waals surface area (Å²) in [5.74, 6) is -1.10. The SMILES string of the molecule is CC(=O)c1c(Cl)cc(OC(F)F)cc1[N+](=O)[O-]. The fourth-order valence-electron chi connectivity index (χ4n) is 1.23. The number of benzene rings is 1. The van der Waals surface area contributed by atoms with Crippen LogP contribution in [0.2, 0.25) is 5.02 Å². The van der Waals surface area contributed by atoms with Crippen molar-refractivity contribution in [3.8, 4) is 5.75 Å². The second kappa shape index (κ2) is 5.05. The van der Waals surface area contributed by atoms with Crippen molar-refractivity contribution in [3.63, 3.8) is 0 Å². The molecule has 0 heterocycles. The van der Waals surface area contributed by atoms with Crippen molar-refractivity contribution in [1.29, 1.82) is 0 Å². The number of Topliss-reactive ketones (excluding diaryl/α,β-unsaturated/α-hetero) is 1. The topological polar surface area (TPSA) is 69.4 Å². The molecule has 0 radical (unpaired) electrons. The average Bonchev–Trinajstić information content (AvgIpc) is 2.14. The van der Waals surface area contributed by atoms with Gasteiger partial charge in [-0.1, -0.05) is 11.6 Å². The second-order valence-electron chi connectivity index (χ2n) is 2.99. The van der Waals surface area contributed by atoms with E-state index in [9.17, 15) is 23.7 Å². The standard InChI is InChI=1S/C9H6ClF2NO4/c1-4(14)8-6(10)2-5(17-9(11)12)3-7(8)13(15)16/h2-3,9H,1H3. The van der Waals surface area contributed by atoms with Gasteiger partial charge in [0.25, 0.3) is 5.69 Å². The Bertz CT molecular complexity index is 478. The number of alkyl halides is 2. The molecule has 0 atom stereocenters. The van der Waals surface area contributed by atoms with Crippen molar-refractivity contribution < 1.29 is 23.2 Å². The van der Waals surface area contributed by atoms with Gasteiger partial charge in [0.05, 0.1) is 16.0 Å². The Balaban J connectivity index is 3.36. The Labute approximate surface area is 99.1 Å². The number of rotatable bonds is 4. The number of ether oxygens (including phenoxy) is 1. The second-order valence-corrected chi connectivity index (χ2v) is 3.40. The van der Waals surface area contributed by atoms with Crippen molar-refractivity contribution >= 4 is 23.1 Å². The lowest BCUT2D eigenvalue weighted by Gasteiger charge is -2.07. The first-order valence-corrected chi connectivity index (χ1v) is 4.64. The Morgan fingerprint density at radius 1 is 1.53 bits per heavy atom. The summed E-state index contributed by atoms with van der Waals surface area (Å²) in [5.41, 5.74) is -1.00. The predicted octanol–water partition coefficient (Wildman–Crippen LogP) is 3.05. The van der Waals surface area contributed by atoms with E-state index in [4.69, 9.17) is 11.6 Å². The molecule has 0 spiro atoms. The number of ketones is 1. The zero-order valence-corrected chi connectivity index (χ0v) is 9.20. The summed E-state index contributed by atoms with van der Waals surface area (Å²) in [6, 6.07) is 1.66. The minimum atomic E-state index is -3.13.